The van der Waals surface area contributed by atoms with Gasteiger partial charge < -0.3 is 9.47 Å². The van der Waals surface area contributed by atoms with Gasteiger partial charge in [0.1, 0.15) is 12.4 Å². The van der Waals surface area contributed by atoms with E-state index in [2.05, 4.69) is 6.07 Å². The van der Waals surface area contributed by atoms with Gasteiger partial charge in [-0.2, -0.15) is 5.26 Å². The molecule has 0 radical (unpaired) electrons. The summed E-state index contributed by atoms with van der Waals surface area (Å²) >= 11 is 0. The van der Waals surface area contributed by atoms with E-state index in [-0.39, 0.29) is 0 Å². The lowest BCUT2D eigenvalue weighted by molar-refractivity contribution is 0.0600. The molecule has 114 valence electrons. The highest BCUT2D eigenvalue weighted by atomic mass is 16.5. The molecule has 2 aromatic carbocycles. The number of benzene rings is 2. The number of methoxy groups -OCH3 is 1. The number of hydrogen-bond donors (Lipinski definition) is 0. The van der Waals surface area contributed by atoms with E-state index < -0.39 is 5.97 Å². The topological polar surface area (TPSA) is 59.3 Å². The minimum atomic E-state index is -0.416. The molecule has 0 saturated carbocycles. The summed E-state index contributed by atoms with van der Waals surface area (Å²) in [7, 11) is 1.34. The maximum Gasteiger partial charge on any atom is 0.337 e. The summed E-state index contributed by atoms with van der Waals surface area (Å²) in [5.74, 6) is 0.161. The van der Waals surface area contributed by atoms with Gasteiger partial charge in [0.25, 0.3) is 0 Å². The van der Waals surface area contributed by atoms with E-state index >= 15 is 0 Å². The SMILES string of the molecule is COC(=O)c1ccc2c(c1)OCc1ccccc1/C2=C(\C)C#N. The zero-order valence-electron chi connectivity index (χ0n) is 12.9. The van der Waals surface area contributed by atoms with Gasteiger partial charge in [-0.25, -0.2) is 4.79 Å². The van der Waals surface area contributed by atoms with E-state index in [9.17, 15) is 10.1 Å². The lowest BCUT2D eigenvalue weighted by Gasteiger charge is -2.12. The second-order valence-corrected chi connectivity index (χ2v) is 5.26. The van der Waals surface area contributed by atoms with Crippen LogP contribution in [0.5, 0.6) is 5.75 Å². The maximum absolute atomic E-state index is 11.7. The monoisotopic (exact) mass is 305 g/mol. The molecule has 1 heterocycles. The molecule has 4 nitrogen and oxygen atoms in total. The summed E-state index contributed by atoms with van der Waals surface area (Å²) in [6.07, 6.45) is 0. The first kappa shape index (κ1) is 14.9. The Morgan fingerprint density at radius 1 is 1.22 bits per heavy atom. The van der Waals surface area contributed by atoms with Gasteiger partial charge in [0, 0.05) is 16.7 Å². The Labute approximate surface area is 134 Å². The minimum Gasteiger partial charge on any atom is -0.488 e. The van der Waals surface area contributed by atoms with E-state index in [0.717, 1.165) is 22.3 Å². The normalized spacial score (nSPS) is 14.5. The summed E-state index contributed by atoms with van der Waals surface area (Å²) in [6.45, 7) is 2.17. The largest absolute Gasteiger partial charge is 0.488 e. The van der Waals surface area contributed by atoms with Crippen molar-refractivity contribution in [3.63, 3.8) is 0 Å². The lowest BCUT2D eigenvalue weighted by Crippen LogP contribution is -2.03. The lowest BCUT2D eigenvalue weighted by atomic mass is 9.90. The molecule has 1 aliphatic rings. The van der Waals surface area contributed by atoms with Crippen LogP contribution in [0.25, 0.3) is 5.57 Å². The predicted molar refractivity (Wildman–Crippen MR) is 85.9 cm³/mol. The summed E-state index contributed by atoms with van der Waals surface area (Å²) in [5.41, 5.74) is 4.67. The highest BCUT2D eigenvalue weighted by Crippen LogP contribution is 2.38. The fourth-order valence-corrected chi connectivity index (χ4v) is 2.74. The molecule has 0 saturated heterocycles. The third-order valence-electron chi connectivity index (χ3n) is 3.88. The van der Waals surface area contributed by atoms with E-state index in [1.807, 2.05) is 24.3 Å². The van der Waals surface area contributed by atoms with Crippen molar-refractivity contribution in [2.24, 2.45) is 0 Å². The molecular formula is C19H15NO3. The van der Waals surface area contributed by atoms with Crippen molar-refractivity contribution in [2.75, 3.05) is 7.11 Å². The van der Waals surface area contributed by atoms with Crippen molar-refractivity contribution in [2.45, 2.75) is 13.5 Å². The number of ether oxygens (including phenoxy) is 2. The van der Waals surface area contributed by atoms with Crippen molar-refractivity contribution in [1.82, 2.24) is 0 Å². The number of rotatable bonds is 1. The number of nitriles is 1. The first-order valence-corrected chi connectivity index (χ1v) is 7.20. The molecule has 3 rings (SSSR count). The van der Waals surface area contributed by atoms with Gasteiger partial charge in [-0.3, -0.25) is 0 Å². The third-order valence-corrected chi connectivity index (χ3v) is 3.88. The molecule has 4 heteroatoms. The second-order valence-electron chi connectivity index (χ2n) is 5.26. The number of nitrogens with zero attached hydrogens (tertiary/aromatic N) is 1. The predicted octanol–water partition coefficient (Wildman–Crippen LogP) is 3.71. The van der Waals surface area contributed by atoms with Gasteiger partial charge in [-0.05, 0) is 36.2 Å². The standard InChI is InChI=1S/C19H15NO3/c1-12(10-20)18-15-6-4-3-5-14(15)11-23-17-9-13(19(21)22-2)7-8-16(17)18/h3-9H,11H2,1-2H3/b18-12-. The number of allylic oxidation sites excluding steroid dienone is 1. The molecule has 0 amide bonds. The van der Waals surface area contributed by atoms with Gasteiger partial charge in [0.05, 0.1) is 18.7 Å². The molecule has 0 atom stereocenters. The molecule has 0 fully saturated rings. The molecule has 23 heavy (non-hydrogen) atoms. The minimum absolute atomic E-state index is 0.385. The fourth-order valence-electron chi connectivity index (χ4n) is 2.74. The number of fused-ring (bicyclic) bond motifs is 2. The molecule has 0 N–H and O–H groups in total. The van der Waals surface area contributed by atoms with Crippen LogP contribution in [-0.2, 0) is 11.3 Å². The van der Waals surface area contributed by atoms with Gasteiger partial charge in [-0.1, -0.05) is 24.3 Å². The molecule has 0 aliphatic carbocycles. The van der Waals surface area contributed by atoms with Crippen LogP contribution < -0.4 is 4.74 Å². The Morgan fingerprint density at radius 2 is 2.00 bits per heavy atom. The molecule has 0 bridgehead atoms. The van der Waals surface area contributed by atoms with Gasteiger partial charge in [-0.15, -0.1) is 0 Å². The molecule has 0 spiro atoms. The number of hydrogen-bond acceptors (Lipinski definition) is 4. The zero-order valence-corrected chi connectivity index (χ0v) is 12.9. The number of carbonyl (C=O) groups excluding carboxylic acids is 1. The number of carbonyl (C=O) groups is 1. The van der Waals surface area contributed by atoms with E-state index in [1.54, 1.807) is 25.1 Å². The van der Waals surface area contributed by atoms with Crippen LogP contribution in [0.2, 0.25) is 0 Å². The van der Waals surface area contributed by atoms with Crippen LogP contribution in [0.1, 0.15) is 34.0 Å². The molecule has 0 unspecified atom stereocenters. The zero-order chi connectivity index (χ0) is 16.4. The van der Waals surface area contributed by atoms with Crippen LogP contribution in [-0.4, -0.2) is 13.1 Å². The van der Waals surface area contributed by atoms with Crippen molar-refractivity contribution in [3.8, 4) is 11.8 Å². The average molecular weight is 305 g/mol. The highest BCUT2D eigenvalue weighted by Gasteiger charge is 2.22. The van der Waals surface area contributed by atoms with Crippen LogP contribution in [0.3, 0.4) is 0 Å². The van der Waals surface area contributed by atoms with Crippen LogP contribution in [0.15, 0.2) is 48.0 Å². The summed E-state index contributed by atoms with van der Waals surface area (Å²) in [6, 6.07) is 15.2. The van der Waals surface area contributed by atoms with Gasteiger partial charge >= 0.3 is 5.97 Å². The summed E-state index contributed by atoms with van der Waals surface area (Å²) in [4.78, 5) is 11.7. The molecule has 1 aliphatic heterocycles. The van der Waals surface area contributed by atoms with E-state index in [1.165, 1.54) is 7.11 Å². The Balaban J connectivity index is 2.25. The van der Waals surface area contributed by atoms with Crippen molar-refractivity contribution in [3.05, 3.63) is 70.3 Å². The molecular weight excluding hydrogens is 290 g/mol. The summed E-state index contributed by atoms with van der Waals surface area (Å²) < 4.78 is 10.6. The Bertz CT molecular complexity index is 859. The maximum atomic E-state index is 11.7. The van der Waals surface area contributed by atoms with Crippen LogP contribution in [0.4, 0.5) is 0 Å². The van der Waals surface area contributed by atoms with Gasteiger partial charge in [0.2, 0.25) is 0 Å². The van der Waals surface area contributed by atoms with E-state index in [4.69, 9.17) is 9.47 Å². The first-order valence-electron chi connectivity index (χ1n) is 7.20. The van der Waals surface area contributed by atoms with Crippen LogP contribution in [0, 0.1) is 11.3 Å². The van der Waals surface area contributed by atoms with E-state index in [0.29, 0.717) is 23.5 Å². The Kier molecular flexibility index (Phi) is 3.86. The Hall–Kier alpha value is -3.06. The van der Waals surface area contributed by atoms with Crippen LogP contribution >= 0.6 is 0 Å². The molecule has 2 aromatic rings. The number of esters is 1. The first-order chi connectivity index (χ1) is 11.2. The van der Waals surface area contributed by atoms with Crippen molar-refractivity contribution < 1.29 is 14.3 Å². The molecule has 0 aromatic heterocycles. The smallest absolute Gasteiger partial charge is 0.337 e. The summed E-state index contributed by atoms with van der Waals surface area (Å²) in [5, 5.41) is 9.39. The second kappa shape index (κ2) is 5.98. The van der Waals surface area contributed by atoms with Crippen molar-refractivity contribution >= 4 is 11.5 Å². The van der Waals surface area contributed by atoms with Crippen molar-refractivity contribution in [1.29, 1.82) is 5.26 Å². The fraction of sp³-hybridized carbons (Fsp3) is 0.158. The van der Waals surface area contributed by atoms with Gasteiger partial charge in [0.15, 0.2) is 0 Å². The quantitative estimate of drug-likeness (QED) is 0.595. The average Bonchev–Trinajstić information content (AvgIpc) is 2.76. The highest BCUT2D eigenvalue weighted by molar-refractivity contribution is 5.93. The third kappa shape index (κ3) is 2.58. The Morgan fingerprint density at radius 3 is 2.74 bits per heavy atom.